The molecule has 3 aromatic rings. The summed E-state index contributed by atoms with van der Waals surface area (Å²) in [4.78, 5) is 28.6. The van der Waals surface area contributed by atoms with Crippen molar-refractivity contribution in [3.8, 4) is 22.8 Å². The van der Waals surface area contributed by atoms with Crippen LogP contribution in [0.15, 0.2) is 65.6 Å². The molecule has 1 atom stereocenters. The number of carboxylic acid groups (broad SMARTS) is 1. The molecule has 10 nitrogen and oxygen atoms in total. The number of benzene rings is 2. The van der Waals surface area contributed by atoms with Crippen molar-refractivity contribution in [2.24, 2.45) is 0 Å². The minimum absolute atomic E-state index is 0. The van der Waals surface area contributed by atoms with E-state index < -0.39 is 40.5 Å². The van der Waals surface area contributed by atoms with Gasteiger partial charge in [-0.2, -0.15) is 0 Å². The summed E-state index contributed by atoms with van der Waals surface area (Å²) in [6.07, 6.45) is -0.206. The van der Waals surface area contributed by atoms with E-state index in [0.29, 0.717) is 28.5 Å². The van der Waals surface area contributed by atoms with Gasteiger partial charge in [0.2, 0.25) is 16.8 Å². The normalized spacial score (nSPS) is 15.7. The summed E-state index contributed by atoms with van der Waals surface area (Å²) < 4.78 is 38.0. The lowest BCUT2D eigenvalue weighted by Crippen LogP contribution is -2.33. The molecule has 0 radical (unpaired) electrons. The molecule has 2 aliphatic rings. The third kappa shape index (κ3) is 6.11. The molecule has 1 saturated carbocycles. The summed E-state index contributed by atoms with van der Waals surface area (Å²) in [5.74, 6) is 0.187. The number of carbonyl (C=O) groups excluding carboxylic acids is 1. The van der Waals surface area contributed by atoms with Crippen LogP contribution in [-0.4, -0.2) is 54.8 Å². The van der Waals surface area contributed by atoms with Crippen LogP contribution in [0.4, 0.5) is 0 Å². The molecule has 2 aromatic carbocycles. The number of aromatic nitrogens is 1. The summed E-state index contributed by atoms with van der Waals surface area (Å²) in [5.41, 5.74) is 2.26. The van der Waals surface area contributed by atoms with Gasteiger partial charge >= 0.3 is 5.97 Å². The van der Waals surface area contributed by atoms with Gasteiger partial charge in [-0.1, -0.05) is 31.7 Å². The molecule has 1 fully saturated rings. The Morgan fingerprint density at radius 1 is 1.03 bits per heavy atom. The Morgan fingerprint density at radius 3 is 2.44 bits per heavy atom. The van der Waals surface area contributed by atoms with Crippen LogP contribution in [0.25, 0.3) is 11.3 Å². The Morgan fingerprint density at radius 2 is 1.74 bits per heavy atom. The minimum atomic E-state index is -3.94. The third-order valence-corrected chi connectivity index (χ3v) is 8.18. The molecule has 206 valence electrons. The summed E-state index contributed by atoms with van der Waals surface area (Å²) >= 11 is 0. The maximum Gasteiger partial charge on any atom is 0.306 e. The maximum absolute atomic E-state index is 13.3. The van der Waals surface area contributed by atoms with Crippen molar-refractivity contribution >= 4 is 21.8 Å². The number of nitrogens with one attached hydrogen (secondary N) is 1. The first-order valence-electron chi connectivity index (χ1n) is 12.1. The second-order valence-corrected chi connectivity index (χ2v) is 11.2. The van der Waals surface area contributed by atoms with Crippen LogP contribution >= 0.6 is 0 Å². The van der Waals surface area contributed by atoms with Crippen molar-refractivity contribution in [3.05, 3.63) is 71.9 Å². The Bertz CT molecular complexity index is 1480. The first-order valence-corrected chi connectivity index (χ1v) is 13.5. The van der Waals surface area contributed by atoms with Gasteiger partial charge in [-0.25, -0.2) is 13.1 Å². The third-order valence-electron chi connectivity index (χ3n) is 6.74. The molecule has 5 rings (SSSR count). The fraction of sp³-hybridized carbons (Fsp3) is 0.321. The topological polar surface area (TPSA) is 152 Å². The number of rotatable bonds is 11. The standard InChI is InChI=1S/C27H26N2O8S.CH4/c30-20(14-26(32)33)15-28-38(34,35)21-7-4-17(5-8-21)22-3-1-2-19(29-22)13-25(31)27(10-11-27)18-6-9-23-24(12-18)37-16-36-23;/h1-9,12,20,28,30H,10-11,13-16H2,(H,32,33);1H4. The van der Waals surface area contributed by atoms with E-state index in [1.165, 1.54) is 12.1 Å². The lowest BCUT2D eigenvalue weighted by molar-refractivity contribution is -0.139. The van der Waals surface area contributed by atoms with Crippen molar-refractivity contribution < 1.29 is 37.7 Å². The summed E-state index contributed by atoms with van der Waals surface area (Å²) in [6, 6.07) is 17.0. The number of sulfonamides is 1. The Balaban J connectivity index is 0.00000353. The number of ketones is 1. The SMILES string of the molecule is C.O=C(O)CC(O)CNS(=O)(=O)c1ccc(-c2cccc(CC(=O)C3(c4ccc5c(c4)OCO5)CC3)n2)cc1. The quantitative estimate of drug-likeness (QED) is 0.325. The van der Waals surface area contributed by atoms with Gasteiger partial charge in [0.25, 0.3) is 0 Å². The van der Waals surface area contributed by atoms with Gasteiger partial charge in [0, 0.05) is 24.2 Å². The first kappa shape index (κ1) is 28.2. The van der Waals surface area contributed by atoms with Gasteiger partial charge in [-0.3, -0.25) is 14.6 Å². The molecular formula is C28H30N2O8S. The number of carbonyl (C=O) groups is 2. The number of pyridine rings is 1. The van der Waals surface area contributed by atoms with Crippen molar-refractivity contribution in [2.75, 3.05) is 13.3 Å². The van der Waals surface area contributed by atoms with E-state index in [1.807, 2.05) is 18.2 Å². The Labute approximate surface area is 226 Å². The second kappa shape index (κ2) is 11.1. The van der Waals surface area contributed by atoms with Crippen LogP contribution < -0.4 is 14.2 Å². The van der Waals surface area contributed by atoms with Gasteiger partial charge in [-0.05, 0) is 54.8 Å². The number of fused-ring (bicyclic) bond motifs is 1. The zero-order chi connectivity index (χ0) is 26.9. The highest BCUT2D eigenvalue weighted by molar-refractivity contribution is 7.89. The summed E-state index contributed by atoms with van der Waals surface area (Å²) in [7, 11) is -3.94. The van der Waals surface area contributed by atoms with E-state index in [1.54, 1.807) is 30.3 Å². The molecular weight excluding hydrogens is 524 g/mol. The number of aliphatic hydroxyl groups excluding tert-OH is 1. The monoisotopic (exact) mass is 554 g/mol. The van der Waals surface area contributed by atoms with Crippen molar-refractivity contribution in [1.82, 2.24) is 9.71 Å². The molecule has 11 heteroatoms. The van der Waals surface area contributed by atoms with Crippen LogP contribution in [0.2, 0.25) is 0 Å². The molecule has 3 N–H and O–H groups in total. The number of nitrogens with zero attached hydrogens (tertiary/aromatic N) is 1. The number of aliphatic carboxylic acids is 1. The maximum atomic E-state index is 13.3. The highest BCUT2D eigenvalue weighted by atomic mass is 32.2. The molecule has 2 heterocycles. The molecule has 0 amide bonds. The van der Waals surface area contributed by atoms with E-state index in [9.17, 15) is 23.1 Å². The molecule has 1 aliphatic heterocycles. The number of hydrogen-bond donors (Lipinski definition) is 3. The summed E-state index contributed by atoms with van der Waals surface area (Å²) in [5, 5.41) is 18.3. The van der Waals surface area contributed by atoms with Crippen LogP contribution in [0.3, 0.4) is 0 Å². The minimum Gasteiger partial charge on any atom is -0.481 e. The van der Waals surface area contributed by atoms with Crippen LogP contribution in [-0.2, 0) is 31.4 Å². The molecule has 1 unspecified atom stereocenters. The zero-order valence-electron chi connectivity index (χ0n) is 20.3. The van der Waals surface area contributed by atoms with E-state index in [0.717, 1.165) is 18.4 Å². The molecule has 0 saturated heterocycles. The second-order valence-electron chi connectivity index (χ2n) is 9.39. The van der Waals surface area contributed by atoms with Gasteiger partial charge in [0.1, 0.15) is 5.78 Å². The molecule has 39 heavy (non-hydrogen) atoms. The predicted octanol–water partition coefficient (Wildman–Crippen LogP) is 3.07. The highest BCUT2D eigenvalue weighted by Crippen LogP contribution is 2.51. The average molecular weight is 555 g/mol. The van der Waals surface area contributed by atoms with Crippen LogP contribution in [0.5, 0.6) is 11.5 Å². The average Bonchev–Trinajstić information content (AvgIpc) is 3.58. The Kier molecular flexibility index (Phi) is 8.05. The number of aliphatic hydroxyl groups is 1. The van der Waals surface area contributed by atoms with Gasteiger partial charge in [0.05, 0.1) is 28.5 Å². The Hall–Kier alpha value is -3.80. The van der Waals surface area contributed by atoms with Gasteiger partial charge < -0.3 is 19.7 Å². The number of Topliss-reactive ketones (excluding diaryl/α,β-unsaturated/α-hetero) is 1. The van der Waals surface area contributed by atoms with Gasteiger partial charge in [0.15, 0.2) is 11.5 Å². The van der Waals surface area contributed by atoms with Crippen molar-refractivity contribution in [3.63, 3.8) is 0 Å². The van der Waals surface area contributed by atoms with E-state index in [4.69, 9.17) is 14.6 Å². The van der Waals surface area contributed by atoms with E-state index >= 15 is 0 Å². The molecule has 1 aromatic heterocycles. The number of ether oxygens (including phenoxy) is 2. The van der Waals surface area contributed by atoms with Crippen molar-refractivity contribution in [1.29, 1.82) is 0 Å². The number of carboxylic acids is 1. The smallest absolute Gasteiger partial charge is 0.306 e. The van der Waals surface area contributed by atoms with E-state index in [-0.39, 0.29) is 31.3 Å². The molecule has 1 aliphatic carbocycles. The largest absolute Gasteiger partial charge is 0.481 e. The van der Waals surface area contributed by atoms with Crippen LogP contribution in [0, 0.1) is 0 Å². The lowest BCUT2D eigenvalue weighted by Gasteiger charge is -2.15. The molecule has 0 spiro atoms. The zero-order valence-corrected chi connectivity index (χ0v) is 21.1. The predicted molar refractivity (Wildman–Crippen MR) is 142 cm³/mol. The highest BCUT2D eigenvalue weighted by Gasteiger charge is 2.51. The van der Waals surface area contributed by atoms with E-state index in [2.05, 4.69) is 9.71 Å². The first-order chi connectivity index (χ1) is 18.2. The fourth-order valence-corrected chi connectivity index (χ4v) is 5.56. The molecule has 0 bridgehead atoms. The van der Waals surface area contributed by atoms with Crippen molar-refractivity contribution in [2.45, 2.75) is 49.5 Å². The lowest BCUT2D eigenvalue weighted by atomic mass is 9.88. The van der Waals surface area contributed by atoms with Crippen LogP contribution in [0.1, 0.15) is 37.9 Å². The summed E-state index contributed by atoms with van der Waals surface area (Å²) in [6.45, 7) is -0.239. The van der Waals surface area contributed by atoms with Gasteiger partial charge in [-0.15, -0.1) is 0 Å². The number of hydrogen-bond acceptors (Lipinski definition) is 8. The fourth-order valence-electron chi connectivity index (χ4n) is 4.49.